The van der Waals surface area contributed by atoms with Crippen molar-refractivity contribution in [3.63, 3.8) is 0 Å². The Labute approximate surface area is 151 Å². The number of nitrogens with one attached hydrogen (secondary N) is 2. The lowest BCUT2D eigenvalue weighted by atomic mass is 10.1. The molecule has 6 nitrogen and oxygen atoms in total. The summed E-state index contributed by atoms with van der Waals surface area (Å²) in [5.41, 5.74) is 3.65. The van der Waals surface area contributed by atoms with Crippen molar-refractivity contribution in [3.05, 3.63) is 76.5 Å². The van der Waals surface area contributed by atoms with E-state index in [0.717, 1.165) is 16.7 Å². The van der Waals surface area contributed by atoms with E-state index in [9.17, 15) is 14.9 Å². The third kappa shape index (κ3) is 4.71. The smallest absolute Gasteiger partial charge is 0.335 e. The number of aromatic carboxylic acids is 1. The molecule has 0 aliphatic rings. The first-order chi connectivity index (χ1) is 12.4. The van der Waals surface area contributed by atoms with Gasteiger partial charge in [-0.25, -0.2) is 4.79 Å². The third-order valence-corrected chi connectivity index (χ3v) is 3.97. The topological polar surface area (TPSA) is 102 Å². The zero-order valence-electron chi connectivity index (χ0n) is 14.5. The fraction of sp³-hybridized carbons (Fsp3) is 0.150. The van der Waals surface area contributed by atoms with Gasteiger partial charge in [-0.05, 0) is 48.7 Å². The molecule has 0 aliphatic carbocycles. The molecule has 0 aromatic heterocycles. The van der Waals surface area contributed by atoms with Crippen molar-refractivity contribution in [2.24, 2.45) is 0 Å². The minimum Gasteiger partial charge on any atom is -0.478 e. The van der Waals surface area contributed by atoms with Gasteiger partial charge in [0.1, 0.15) is 11.6 Å². The molecule has 0 radical (unpaired) electrons. The highest BCUT2D eigenvalue weighted by Crippen LogP contribution is 2.18. The SMILES string of the molecule is Cc1cccc(NC(=O)/C(C#N)=C\NCc2ccc(C(=O)O)cc2)c1C. The first-order valence-electron chi connectivity index (χ1n) is 7.96. The monoisotopic (exact) mass is 349 g/mol. The number of hydrogen-bond acceptors (Lipinski definition) is 4. The standard InChI is InChI=1S/C20H19N3O3/c1-13-4-3-5-18(14(13)2)23-19(24)17(10-21)12-22-11-15-6-8-16(9-7-15)20(25)26/h3-9,12,22H,11H2,1-2H3,(H,23,24)(H,25,26)/b17-12-. The maximum absolute atomic E-state index is 12.3. The number of amides is 1. The van der Waals surface area contributed by atoms with E-state index in [0.29, 0.717) is 12.2 Å². The van der Waals surface area contributed by atoms with Gasteiger partial charge in [-0.15, -0.1) is 0 Å². The number of nitrogens with zero attached hydrogens (tertiary/aromatic N) is 1. The first kappa shape index (κ1) is 18.7. The highest BCUT2D eigenvalue weighted by Gasteiger charge is 2.11. The first-order valence-corrected chi connectivity index (χ1v) is 7.96. The Hall–Kier alpha value is -3.59. The zero-order chi connectivity index (χ0) is 19.1. The van der Waals surface area contributed by atoms with Crippen LogP contribution in [0.15, 0.2) is 54.2 Å². The number of carbonyl (C=O) groups excluding carboxylic acids is 1. The molecular weight excluding hydrogens is 330 g/mol. The van der Waals surface area contributed by atoms with E-state index >= 15 is 0 Å². The molecule has 6 heteroatoms. The van der Waals surface area contributed by atoms with Gasteiger partial charge in [0.2, 0.25) is 0 Å². The Bertz CT molecular complexity index is 894. The van der Waals surface area contributed by atoms with Crippen molar-refractivity contribution < 1.29 is 14.7 Å². The van der Waals surface area contributed by atoms with Crippen LogP contribution in [0.4, 0.5) is 5.69 Å². The zero-order valence-corrected chi connectivity index (χ0v) is 14.5. The molecular formula is C20H19N3O3. The summed E-state index contributed by atoms with van der Waals surface area (Å²) in [4.78, 5) is 23.1. The second kappa shape index (κ2) is 8.49. The number of aryl methyl sites for hydroxylation is 1. The van der Waals surface area contributed by atoms with Crippen LogP contribution in [-0.4, -0.2) is 17.0 Å². The summed E-state index contributed by atoms with van der Waals surface area (Å²) in [5.74, 6) is -1.48. The van der Waals surface area contributed by atoms with Gasteiger partial charge in [-0.3, -0.25) is 4.79 Å². The van der Waals surface area contributed by atoms with Crippen molar-refractivity contribution in [3.8, 4) is 6.07 Å². The van der Waals surface area contributed by atoms with Crippen molar-refractivity contribution in [2.45, 2.75) is 20.4 Å². The van der Waals surface area contributed by atoms with E-state index in [2.05, 4.69) is 10.6 Å². The van der Waals surface area contributed by atoms with Crippen LogP contribution in [0.1, 0.15) is 27.0 Å². The molecule has 0 spiro atoms. The van der Waals surface area contributed by atoms with E-state index in [-0.39, 0.29) is 11.1 Å². The maximum Gasteiger partial charge on any atom is 0.335 e. The van der Waals surface area contributed by atoms with Gasteiger partial charge in [-0.1, -0.05) is 24.3 Å². The predicted octanol–water partition coefficient (Wildman–Crippen LogP) is 3.14. The van der Waals surface area contributed by atoms with Crippen molar-refractivity contribution in [1.82, 2.24) is 5.32 Å². The Balaban J connectivity index is 2.00. The molecule has 1 amide bonds. The summed E-state index contributed by atoms with van der Waals surface area (Å²) in [6.45, 7) is 4.21. The van der Waals surface area contributed by atoms with Gasteiger partial charge in [-0.2, -0.15) is 5.26 Å². The van der Waals surface area contributed by atoms with Crippen LogP contribution in [-0.2, 0) is 11.3 Å². The van der Waals surface area contributed by atoms with Gasteiger partial charge in [0, 0.05) is 18.4 Å². The summed E-state index contributed by atoms with van der Waals surface area (Å²) in [6.07, 6.45) is 1.35. The number of rotatable bonds is 6. The van der Waals surface area contributed by atoms with E-state index in [1.807, 2.05) is 32.0 Å². The fourth-order valence-corrected chi connectivity index (χ4v) is 2.26. The van der Waals surface area contributed by atoms with E-state index < -0.39 is 11.9 Å². The molecule has 132 valence electrons. The van der Waals surface area contributed by atoms with Crippen molar-refractivity contribution in [1.29, 1.82) is 5.26 Å². The summed E-state index contributed by atoms with van der Waals surface area (Å²) < 4.78 is 0. The lowest BCUT2D eigenvalue weighted by Gasteiger charge is -2.10. The van der Waals surface area contributed by atoms with Crippen LogP contribution in [0.25, 0.3) is 0 Å². The summed E-state index contributed by atoms with van der Waals surface area (Å²) in [6, 6.07) is 13.8. The van der Waals surface area contributed by atoms with Gasteiger partial charge in [0.15, 0.2) is 0 Å². The van der Waals surface area contributed by atoms with Crippen LogP contribution < -0.4 is 10.6 Å². The average molecular weight is 349 g/mol. The quantitative estimate of drug-likeness (QED) is 0.549. The molecule has 2 aromatic rings. The number of benzene rings is 2. The molecule has 0 bridgehead atoms. The van der Waals surface area contributed by atoms with Crippen LogP contribution in [0.5, 0.6) is 0 Å². The van der Waals surface area contributed by atoms with Crippen LogP contribution in [0.2, 0.25) is 0 Å². The Morgan fingerprint density at radius 2 is 1.85 bits per heavy atom. The molecule has 26 heavy (non-hydrogen) atoms. The fourth-order valence-electron chi connectivity index (χ4n) is 2.26. The summed E-state index contributed by atoms with van der Waals surface area (Å²) in [7, 11) is 0. The molecule has 0 aliphatic heterocycles. The lowest BCUT2D eigenvalue weighted by Crippen LogP contribution is -2.17. The highest BCUT2D eigenvalue weighted by atomic mass is 16.4. The van der Waals surface area contributed by atoms with Crippen molar-refractivity contribution in [2.75, 3.05) is 5.32 Å². The molecule has 0 fully saturated rings. The van der Waals surface area contributed by atoms with Gasteiger partial charge >= 0.3 is 5.97 Å². The van der Waals surface area contributed by atoms with Gasteiger partial charge < -0.3 is 15.7 Å². The number of nitriles is 1. The van der Waals surface area contributed by atoms with Crippen LogP contribution in [0, 0.1) is 25.2 Å². The molecule has 2 rings (SSSR count). The van der Waals surface area contributed by atoms with Gasteiger partial charge in [0.05, 0.1) is 5.56 Å². The molecule has 2 aromatic carbocycles. The molecule has 0 heterocycles. The number of carboxylic acid groups (broad SMARTS) is 1. The van der Waals surface area contributed by atoms with E-state index in [1.54, 1.807) is 18.2 Å². The minimum atomic E-state index is -0.987. The molecule has 0 unspecified atom stereocenters. The van der Waals surface area contributed by atoms with Crippen LogP contribution in [0.3, 0.4) is 0 Å². The predicted molar refractivity (Wildman–Crippen MR) is 98.5 cm³/mol. The number of anilines is 1. The molecule has 3 N–H and O–H groups in total. The largest absolute Gasteiger partial charge is 0.478 e. The minimum absolute atomic E-state index is 0.0481. The summed E-state index contributed by atoms with van der Waals surface area (Å²) in [5, 5.41) is 23.7. The third-order valence-electron chi connectivity index (χ3n) is 3.97. The van der Waals surface area contributed by atoms with Crippen LogP contribution >= 0.6 is 0 Å². The average Bonchev–Trinajstić information content (AvgIpc) is 2.63. The Morgan fingerprint density at radius 3 is 2.46 bits per heavy atom. The van der Waals surface area contributed by atoms with E-state index in [4.69, 9.17) is 5.11 Å². The normalized spacial score (nSPS) is 10.7. The second-order valence-electron chi connectivity index (χ2n) is 5.75. The number of hydrogen-bond donors (Lipinski definition) is 3. The Morgan fingerprint density at radius 1 is 1.15 bits per heavy atom. The summed E-state index contributed by atoms with van der Waals surface area (Å²) >= 11 is 0. The molecule has 0 saturated heterocycles. The lowest BCUT2D eigenvalue weighted by molar-refractivity contribution is -0.112. The molecule has 0 saturated carbocycles. The number of carboxylic acids is 1. The highest BCUT2D eigenvalue weighted by molar-refractivity contribution is 6.06. The number of carbonyl (C=O) groups is 2. The molecule has 0 atom stereocenters. The van der Waals surface area contributed by atoms with E-state index in [1.165, 1.54) is 18.3 Å². The van der Waals surface area contributed by atoms with Gasteiger partial charge in [0.25, 0.3) is 5.91 Å². The van der Waals surface area contributed by atoms with Crippen molar-refractivity contribution >= 4 is 17.6 Å². The maximum atomic E-state index is 12.3. The second-order valence-corrected chi connectivity index (χ2v) is 5.75. The Kier molecular flexibility index (Phi) is 6.12.